The van der Waals surface area contributed by atoms with Gasteiger partial charge in [0, 0.05) is 19.2 Å². The minimum absolute atomic E-state index is 0.310. The molecular formula is C13H15N3OS. The van der Waals surface area contributed by atoms with Crippen LogP contribution in [-0.2, 0) is 6.54 Å². The lowest BCUT2D eigenvalue weighted by atomic mass is 10.2. The lowest BCUT2D eigenvalue weighted by Gasteiger charge is -2.18. The third-order valence-corrected chi connectivity index (χ3v) is 2.96. The van der Waals surface area contributed by atoms with Crippen LogP contribution in [0.15, 0.2) is 34.9 Å². The summed E-state index contributed by atoms with van der Waals surface area (Å²) >= 11 is 4.93. The molecule has 0 bridgehead atoms. The van der Waals surface area contributed by atoms with Crippen molar-refractivity contribution < 1.29 is 4.42 Å². The summed E-state index contributed by atoms with van der Waals surface area (Å²) in [7, 11) is 1.97. The quantitative estimate of drug-likeness (QED) is 0.855. The monoisotopic (exact) mass is 261 g/mol. The highest BCUT2D eigenvalue weighted by Gasteiger charge is 2.08. The molecular weight excluding hydrogens is 246 g/mol. The molecule has 5 heteroatoms. The molecule has 2 rings (SSSR count). The number of hydrogen-bond acceptors (Lipinski definition) is 4. The number of aromatic nitrogens is 1. The van der Waals surface area contributed by atoms with Gasteiger partial charge in [0.25, 0.3) is 0 Å². The van der Waals surface area contributed by atoms with Crippen LogP contribution in [0.1, 0.15) is 17.0 Å². The molecule has 2 aromatic heterocycles. The summed E-state index contributed by atoms with van der Waals surface area (Å²) in [6.07, 6.45) is 1.69. The summed E-state index contributed by atoms with van der Waals surface area (Å²) in [4.78, 5) is 6.75. The van der Waals surface area contributed by atoms with Gasteiger partial charge in [0.1, 0.15) is 16.6 Å². The molecule has 0 atom stereocenters. The average Bonchev–Trinajstić information content (AvgIpc) is 2.75. The zero-order valence-corrected chi connectivity index (χ0v) is 11.2. The number of nitrogens with zero attached hydrogens (tertiary/aromatic N) is 2. The van der Waals surface area contributed by atoms with E-state index in [0.29, 0.717) is 10.7 Å². The highest BCUT2D eigenvalue weighted by Crippen LogP contribution is 2.16. The van der Waals surface area contributed by atoms with E-state index >= 15 is 0 Å². The predicted octanol–water partition coefficient (Wildman–Crippen LogP) is 2.25. The first kappa shape index (κ1) is 12.6. The fourth-order valence-electron chi connectivity index (χ4n) is 1.68. The second-order valence-electron chi connectivity index (χ2n) is 4.10. The van der Waals surface area contributed by atoms with Crippen molar-refractivity contribution in [2.24, 2.45) is 5.73 Å². The van der Waals surface area contributed by atoms with Gasteiger partial charge in [0.15, 0.2) is 0 Å². The fraction of sp³-hybridized carbons (Fsp3) is 0.231. The third kappa shape index (κ3) is 2.68. The van der Waals surface area contributed by atoms with Crippen molar-refractivity contribution in [2.75, 3.05) is 11.9 Å². The molecule has 2 aromatic rings. The van der Waals surface area contributed by atoms with E-state index in [-0.39, 0.29) is 0 Å². The van der Waals surface area contributed by atoms with Crippen LogP contribution in [0.5, 0.6) is 0 Å². The van der Waals surface area contributed by atoms with E-state index in [1.54, 1.807) is 6.26 Å². The zero-order valence-electron chi connectivity index (χ0n) is 10.4. The van der Waals surface area contributed by atoms with E-state index in [4.69, 9.17) is 22.4 Å². The lowest BCUT2D eigenvalue weighted by Crippen LogP contribution is -2.20. The Bertz CT molecular complexity index is 565. The fourth-order valence-corrected chi connectivity index (χ4v) is 1.80. The van der Waals surface area contributed by atoms with Gasteiger partial charge >= 0.3 is 0 Å². The van der Waals surface area contributed by atoms with E-state index in [0.717, 1.165) is 23.7 Å². The zero-order chi connectivity index (χ0) is 13.1. The van der Waals surface area contributed by atoms with Gasteiger partial charge in [-0.25, -0.2) is 4.98 Å². The molecule has 0 aliphatic carbocycles. The van der Waals surface area contributed by atoms with Crippen LogP contribution in [-0.4, -0.2) is 17.0 Å². The van der Waals surface area contributed by atoms with E-state index in [9.17, 15) is 0 Å². The van der Waals surface area contributed by atoms with Crippen LogP contribution >= 0.6 is 12.2 Å². The molecule has 94 valence electrons. The van der Waals surface area contributed by atoms with Crippen molar-refractivity contribution in [3.63, 3.8) is 0 Å². The summed E-state index contributed by atoms with van der Waals surface area (Å²) < 4.78 is 5.28. The molecule has 0 aliphatic rings. The van der Waals surface area contributed by atoms with Crippen molar-refractivity contribution in [1.82, 2.24) is 4.98 Å². The molecule has 0 aromatic carbocycles. The Kier molecular flexibility index (Phi) is 3.62. The van der Waals surface area contributed by atoms with Gasteiger partial charge in [-0.1, -0.05) is 18.3 Å². The first-order valence-electron chi connectivity index (χ1n) is 5.59. The highest BCUT2D eigenvalue weighted by atomic mass is 32.1. The van der Waals surface area contributed by atoms with Crippen LogP contribution < -0.4 is 10.6 Å². The first-order valence-corrected chi connectivity index (χ1v) is 5.99. The summed E-state index contributed by atoms with van der Waals surface area (Å²) in [6, 6.07) is 7.60. The number of rotatable bonds is 4. The van der Waals surface area contributed by atoms with Crippen LogP contribution in [0.2, 0.25) is 0 Å². The minimum Gasteiger partial charge on any atom is -0.469 e. The van der Waals surface area contributed by atoms with E-state index in [1.165, 1.54) is 0 Å². The van der Waals surface area contributed by atoms with Gasteiger partial charge in [0.05, 0.1) is 12.0 Å². The Balaban J connectivity index is 2.18. The minimum atomic E-state index is 0.310. The second kappa shape index (κ2) is 5.18. The highest BCUT2D eigenvalue weighted by molar-refractivity contribution is 7.80. The predicted molar refractivity (Wildman–Crippen MR) is 75.7 cm³/mol. The van der Waals surface area contributed by atoms with Crippen molar-refractivity contribution in [3.8, 4) is 0 Å². The smallest absolute Gasteiger partial charge is 0.129 e. The SMILES string of the molecule is Cc1occc1CN(C)c1cccc(C(N)=S)n1. The molecule has 0 fully saturated rings. The number of pyridine rings is 1. The number of furan rings is 1. The molecule has 2 N–H and O–H groups in total. The largest absolute Gasteiger partial charge is 0.469 e. The van der Waals surface area contributed by atoms with Crippen molar-refractivity contribution in [3.05, 3.63) is 47.5 Å². The Morgan fingerprint density at radius 3 is 2.83 bits per heavy atom. The van der Waals surface area contributed by atoms with E-state index in [1.807, 2.05) is 43.1 Å². The third-order valence-electron chi connectivity index (χ3n) is 2.75. The van der Waals surface area contributed by atoms with E-state index < -0.39 is 0 Å². The first-order chi connectivity index (χ1) is 8.58. The van der Waals surface area contributed by atoms with Crippen LogP contribution in [0.3, 0.4) is 0 Å². The summed E-state index contributed by atoms with van der Waals surface area (Å²) in [5, 5.41) is 0. The number of aryl methyl sites for hydroxylation is 1. The topological polar surface area (TPSA) is 55.3 Å². The number of nitrogens with two attached hydrogens (primary N) is 1. The Hall–Kier alpha value is -1.88. The molecule has 0 unspecified atom stereocenters. The standard InChI is InChI=1S/C13H15N3OS/c1-9-10(6-7-17-9)8-16(2)12-5-3-4-11(15-12)13(14)18/h3-7H,8H2,1-2H3,(H2,14,18). The summed E-state index contributed by atoms with van der Waals surface area (Å²) in [5.74, 6) is 1.76. The van der Waals surface area contributed by atoms with Gasteiger partial charge < -0.3 is 15.1 Å². The van der Waals surface area contributed by atoms with Gasteiger partial charge in [0.2, 0.25) is 0 Å². The van der Waals surface area contributed by atoms with Crippen LogP contribution in [0.25, 0.3) is 0 Å². The Labute approximate surface area is 111 Å². The van der Waals surface area contributed by atoms with Gasteiger partial charge in [-0.3, -0.25) is 0 Å². The van der Waals surface area contributed by atoms with Crippen molar-refractivity contribution in [2.45, 2.75) is 13.5 Å². The molecule has 0 saturated carbocycles. The Morgan fingerprint density at radius 2 is 2.22 bits per heavy atom. The summed E-state index contributed by atoms with van der Waals surface area (Å²) in [6.45, 7) is 2.68. The molecule has 0 radical (unpaired) electrons. The van der Waals surface area contributed by atoms with Gasteiger partial charge in [-0.05, 0) is 25.1 Å². The maximum absolute atomic E-state index is 5.58. The number of anilines is 1. The molecule has 4 nitrogen and oxygen atoms in total. The maximum Gasteiger partial charge on any atom is 0.129 e. The van der Waals surface area contributed by atoms with Gasteiger partial charge in [-0.15, -0.1) is 0 Å². The van der Waals surface area contributed by atoms with Crippen molar-refractivity contribution >= 4 is 23.0 Å². The molecule has 0 amide bonds. The normalized spacial score (nSPS) is 10.3. The van der Waals surface area contributed by atoms with Crippen LogP contribution in [0.4, 0.5) is 5.82 Å². The number of thiocarbonyl (C=S) groups is 1. The van der Waals surface area contributed by atoms with Gasteiger partial charge in [-0.2, -0.15) is 0 Å². The van der Waals surface area contributed by atoms with Crippen LogP contribution in [0, 0.1) is 6.92 Å². The molecule has 0 spiro atoms. The van der Waals surface area contributed by atoms with Crippen molar-refractivity contribution in [1.29, 1.82) is 0 Å². The summed E-state index contributed by atoms with van der Waals surface area (Å²) in [5.41, 5.74) is 7.35. The molecule has 2 heterocycles. The van der Waals surface area contributed by atoms with E-state index in [2.05, 4.69) is 4.98 Å². The number of hydrogen-bond donors (Lipinski definition) is 1. The second-order valence-corrected chi connectivity index (χ2v) is 4.54. The average molecular weight is 261 g/mol. The molecule has 18 heavy (non-hydrogen) atoms. The maximum atomic E-state index is 5.58. The molecule has 0 aliphatic heterocycles. The lowest BCUT2D eigenvalue weighted by molar-refractivity contribution is 0.529. The molecule has 0 saturated heterocycles. The Morgan fingerprint density at radius 1 is 1.44 bits per heavy atom.